The van der Waals surface area contributed by atoms with E-state index in [1.807, 2.05) is 36.4 Å². The van der Waals surface area contributed by atoms with E-state index in [0.29, 0.717) is 17.0 Å². The van der Waals surface area contributed by atoms with Crippen LogP contribution in [-0.4, -0.2) is 15.8 Å². The Labute approximate surface area is 121 Å². The van der Waals surface area contributed by atoms with Gasteiger partial charge in [-0.25, -0.2) is 4.99 Å². The lowest BCUT2D eigenvalue weighted by molar-refractivity contribution is 0.457. The molecule has 4 rings (SSSR count). The van der Waals surface area contributed by atoms with Gasteiger partial charge < -0.3 is 15.8 Å². The zero-order valence-electron chi connectivity index (χ0n) is 11.2. The molecule has 0 aliphatic carbocycles. The Kier molecular flexibility index (Phi) is 2.24. The first-order chi connectivity index (χ1) is 10.1. The van der Waals surface area contributed by atoms with Crippen LogP contribution in [-0.2, 0) is 0 Å². The van der Waals surface area contributed by atoms with Gasteiger partial charge in [-0.15, -0.1) is 0 Å². The minimum absolute atomic E-state index is 0.0864. The molecule has 0 radical (unpaired) electrons. The summed E-state index contributed by atoms with van der Waals surface area (Å²) >= 11 is 0. The third-order valence-corrected chi connectivity index (χ3v) is 3.79. The summed E-state index contributed by atoms with van der Waals surface area (Å²) in [5, 5.41) is 11.1. The van der Waals surface area contributed by atoms with Crippen LogP contribution in [0.25, 0.3) is 16.5 Å². The number of hydrogen-bond donors (Lipinski definition) is 3. The van der Waals surface area contributed by atoms with Crippen molar-refractivity contribution in [2.24, 2.45) is 4.99 Å². The van der Waals surface area contributed by atoms with Crippen molar-refractivity contribution >= 4 is 33.6 Å². The maximum absolute atomic E-state index is 10.3. The van der Waals surface area contributed by atoms with Gasteiger partial charge in [0.15, 0.2) is 5.88 Å². The summed E-state index contributed by atoms with van der Waals surface area (Å²) in [6.45, 7) is 4.12. The SMILES string of the molecule is C=C1C(c2c(O)[nH]c3ccc(N)cc23)=Nc2ccccc21. The number of aromatic nitrogens is 1. The Balaban J connectivity index is 1.99. The third-order valence-electron chi connectivity index (χ3n) is 3.79. The predicted octanol–water partition coefficient (Wildman–Crippen LogP) is 3.60. The van der Waals surface area contributed by atoms with Crippen LogP contribution in [0.4, 0.5) is 11.4 Å². The first-order valence-electron chi connectivity index (χ1n) is 6.63. The maximum atomic E-state index is 10.3. The molecule has 1 aliphatic rings. The van der Waals surface area contributed by atoms with Gasteiger partial charge in [-0.05, 0) is 24.3 Å². The van der Waals surface area contributed by atoms with Crippen LogP contribution in [0.2, 0.25) is 0 Å². The second-order valence-electron chi connectivity index (χ2n) is 5.11. The fraction of sp³-hybridized carbons (Fsp3) is 0. The van der Waals surface area contributed by atoms with Crippen LogP contribution in [0, 0.1) is 0 Å². The Morgan fingerprint density at radius 1 is 1.14 bits per heavy atom. The number of aromatic hydroxyl groups is 1. The number of rotatable bonds is 1. The Morgan fingerprint density at radius 3 is 2.76 bits per heavy atom. The number of anilines is 1. The van der Waals surface area contributed by atoms with Gasteiger partial charge in [0.1, 0.15) is 0 Å². The van der Waals surface area contributed by atoms with Crippen molar-refractivity contribution in [2.75, 3.05) is 5.73 Å². The van der Waals surface area contributed by atoms with Crippen molar-refractivity contribution < 1.29 is 5.11 Å². The molecule has 21 heavy (non-hydrogen) atoms. The van der Waals surface area contributed by atoms with E-state index in [1.54, 1.807) is 6.07 Å². The van der Waals surface area contributed by atoms with Gasteiger partial charge in [0.25, 0.3) is 0 Å². The molecule has 2 aromatic carbocycles. The van der Waals surface area contributed by atoms with Crippen LogP contribution in [0.5, 0.6) is 5.88 Å². The number of aromatic amines is 1. The molecule has 4 nitrogen and oxygen atoms in total. The number of hydrogen-bond acceptors (Lipinski definition) is 3. The lowest BCUT2D eigenvalue weighted by Crippen LogP contribution is -1.98. The highest BCUT2D eigenvalue weighted by Crippen LogP contribution is 2.40. The molecule has 0 amide bonds. The number of nitrogens with one attached hydrogen (secondary N) is 1. The summed E-state index contributed by atoms with van der Waals surface area (Å²) < 4.78 is 0. The number of benzene rings is 2. The van der Waals surface area contributed by atoms with Gasteiger partial charge in [-0.2, -0.15) is 0 Å². The van der Waals surface area contributed by atoms with E-state index in [0.717, 1.165) is 27.7 Å². The lowest BCUT2D eigenvalue weighted by atomic mass is 9.98. The summed E-state index contributed by atoms with van der Waals surface area (Å²) in [5.74, 6) is 0.0864. The largest absolute Gasteiger partial charge is 0.494 e. The summed E-state index contributed by atoms with van der Waals surface area (Å²) in [7, 11) is 0. The Morgan fingerprint density at radius 2 is 1.95 bits per heavy atom. The molecule has 2 heterocycles. The van der Waals surface area contributed by atoms with Crippen LogP contribution < -0.4 is 5.73 Å². The normalized spacial score (nSPS) is 13.5. The maximum Gasteiger partial charge on any atom is 0.199 e. The molecule has 0 spiro atoms. The summed E-state index contributed by atoms with van der Waals surface area (Å²) in [6.07, 6.45) is 0. The molecular weight excluding hydrogens is 262 g/mol. The van der Waals surface area contributed by atoms with Gasteiger partial charge in [0.05, 0.1) is 17.0 Å². The molecule has 0 bridgehead atoms. The highest BCUT2D eigenvalue weighted by atomic mass is 16.3. The second kappa shape index (κ2) is 3.99. The Bertz CT molecular complexity index is 934. The molecule has 0 fully saturated rings. The van der Waals surface area contributed by atoms with Crippen LogP contribution in [0.15, 0.2) is 54.0 Å². The topological polar surface area (TPSA) is 74.4 Å². The highest BCUT2D eigenvalue weighted by Gasteiger charge is 2.25. The summed E-state index contributed by atoms with van der Waals surface area (Å²) in [6, 6.07) is 13.3. The number of allylic oxidation sites excluding steroid dienone is 1. The molecular formula is C17H13N3O. The molecule has 0 unspecified atom stereocenters. The summed E-state index contributed by atoms with van der Waals surface area (Å²) in [5.41, 5.74) is 11.3. The van der Waals surface area contributed by atoms with Gasteiger partial charge in [-0.3, -0.25) is 0 Å². The van der Waals surface area contributed by atoms with Gasteiger partial charge >= 0.3 is 0 Å². The zero-order valence-corrected chi connectivity index (χ0v) is 11.2. The molecule has 0 atom stereocenters. The quantitative estimate of drug-likeness (QED) is 0.593. The van der Waals surface area contributed by atoms with E-state index in [1.165, 1.54) is 0 Å². The highest BCUT2D eigenvalue weighted by molar-refractivity contribution is 6.39. The fourth-order valence-corrected chi connectivity index (χ4v) is 2.78. The van der Waals surface area contributed by atoms with Gasteiger partial charge in [-0.1, -0.05) is 24.8 Å². The minimum Gasteiger partial charge on any atom is -0.494 e. The smallest absolute Gasteiger partial charge is 0.199 e. The first-order valence-corrected chi connectivity index (χ1v) is 6.63. The number of H-pyrrole nitrogens is 1. The predicted molar refractivity (Wildman–Crippen MR) is 86.0 cm³/mol. The van der Waals surface area contributed by atoms with Crippen molar-refractivity contribution in [3.63, 3.8) is 0 Å². The van der Waals surface area contributed by atoms with Crippen molar-refractivity contribution in [1.29, 1.82) is 0 Å². The van der Waals surface area contributed by atoms with E-state index >= 15 is 0 Å². The van der Waals surface area contributed by atoms with Crippen molar-refractivity contribution in [2.45, 2.75) is 0 Å². The minimum atomic E-state index is 0.0864. The standard InChI is InChI=1S/C17H13N3O/c1-9-11-4-2-3-5-13(11)19-16(9)15-12-8-10(18)6-7-14(12)20-17(15)21/h2-8,20-21H,1,18H2. The average Bonchev–Trinajstić information content (AvgIpc) is 2.96. The monoisotopic (exact) mass is 275 g/mol. The zero-order chi connectivity index (χ0) is 14.6. The first kappa shape index (κ1) is 11.8. The van der Waals surface area contributed by atoms with Crippen LogP contribution in [0.1, 0.15) is 11.1 Å². The Hall–Kier alpha value is -3.01. The number of nitrogens with two attached hydrogens (primary N) is 1. The number of aliphatic imine (C=N–C) groups is 1. The molecule has 102 valence electrons. The molecule has 4 heteroatoms. The van der Waals surface area contributed by atoms with E-state index in [-0.39, 0.29) is 5.88 Å². The molecule has 0 saturated heterocycles. The summed E-state index contributed by atoms with van der Waals surface area (Å²) in [4.78, 5) is 7.57. The van der Waals surface area contributed by atoms with E-state index in [9.17, 15) is 5.11 Å². The van der Waals surface area contributed by atoms with E-state index in [2.05, 4.69) is 16.6 Å². The van der Waals surface area contributed by atoms with Crippen LogP contribution in [0.3, 0.4) is 0 Å². The third kappa shape index (κ3) is 1.59. The van der Waals surface area contributed by atoms with Gasteiger partial charge in [0, 0.05) is 27.7 Å². The number of fused-ring (bicyclic) bond motifs is 2. The van der Waals surface area contributed by atoms with Crippen LogP contribution >= 0.6 is 0 Å². The van der Waals surface area contributed by atoms with E-state index in [4.69, 9.17) is 5.73 Å². The fourth-order valence-electron chi connectivity index (χ4n) is 2.78. The second-order valence-corrected chi connectivity index (χ2v) is 5.11. The van der Waals surface area contributed by atoms with Gasteiger partial charge in [0.2, 0.25) is 0 Å². The number of nitrogens with zero attached hydrogens (tertiary/aromatic N) is 1. The number of nitrogen functional groups attached to an aromatic ring is 1. The van der Waals surface area contributed by atoms with Crippen molar-refractivity contribution in [3.8, 4) is 5.88 Å². The molecule has 4 N–H and O–H groups in total. The number of para-hydroxylation sites is 1. The molecule has 3 aromatic rings. The average molecular weight is 275 g/mol. The van der Waals surface area contributed by atoms with E-state index < -0.39 is 0 Å². The molecule has 1 aliphatic heterocycles. The van der Waals surface area contributed by atoms with Crippen molar-refractivity contribution in [3.05, 3.63) is 60.2 Å². The lowest BCUT2D eigenvalue weighted by Gasteiger charge is -2.03. The van der Waals surface area contributed by atoms with Crippen molar-refractivity contribution in [1.82, 2.24) is 4.98 Å². The molecule has 0 saturated carbocycles. The molecule has 1 aromatic heterocycles.